The van der Waals surface area contributed by atoms with Crippen molar-refractivity contribution in [3.63, 3.8) is 0 Å². The lowest BCUT2D eigenvalue weighted by Gasteiger charge is -2.30. The van der Waals surface area contributed by atoms with Gasteiger partial charge in [0.25, 0.3) is 0 Å². The van der Waals surface area contributed by atoms with Crippen molar-refractivity contribution in [1.29, 1.82) is 0 Å². The van der Waals surface area contributed by atoms with E-state index in [1.54, 1.807) is 18.2 Å². The minimum atomic E-state index is -4.55. The van der Waals surface area contributed by atoms with Crippen LogP contribution in [0, 0.1) is 5.92 Å². The number of hydrazine groups is 1. The van der Waals surface area contributed by atoms with Crippen LogP contribution in [0.4, 0.5) is 18.9 Å². The molecule has 3 rings (SSSR count). The second-order valence-corrected chi connectivity index (χ2v) is 8.59. The number of nitrogens with zero attached hydrogens (tertiary/aromatic N) is 1. The maximum Gasteiger partial charge on any atom is 0.418 e. The lowest BCUT2D eigenvalue weighted by Crippen LogP contribution is -2.44. The van der Waals surface area contributed by atoms with Gasteiger partial charge in [-0.2, -0.15) is 17.5 Å². The number of anilines is 1. The Kier molecular flexibility index (Phi) is 6.13. The third kappa shape index (κ3) is 4.88. The Balaban J connectivity index is 1.58. The van der Waals surface area contributed by atoms with Crippen LogP contribution in [-0.2, 0) is 21.0 Å². The molecule has 0 atom stereocenters. The molecule has 6 nitrogen and oxygen atoms in total. The van der Waals surface area contributed by atoms with Crippen LogP contribution in [0.1, 0.15) is 18.4 Å². The molecule has 1 aliphatic rings. The number of carbonyl (C=O) groups excluding carboxylic acids is 1. The van der Waals surface area contributed by atoms with Crippen molar-refractivity contribution in [1.82, 2.24) is 9.73 Å². The highest BCUT2D eigenvalue weighted by atomic mass is 32.2. The molecule has 0 radical (unpaired) electrons. The fourth-order valence-corrected chi connectivity index (χ4v) is 4.66. The number of nitrogens with one attached hydrogen (secondary N) is 2. The van der Waals surface area contributed by atoms with Crippen LogP contribution in [0.2, 0.25) is 0 Å². The lowest BCUT2D eigenvalue weighted by molar-refractivity contribution is -0.137. The van der Waals surface area contributed by atoms with Gasteiger partial charge in [0.2, 0.25) is 15.9 Å². The van der Waals surface area contributed by atoms with E-state index in [1.165, 1.54) is 34.6 Å². The lowest BCUT2D eigenvalue weighted by atomic mass is 9.97. The van der Waals surface area contributed by atoms with Gasteiger partial charge >= 0.3 is 6.18 Å². The summed E-state index contributed by atoms with van der Waals surface area (Å²) in [5.41, 5.74) is 3.50. The molecule has 29 heavy (non-hydrogen) atoms. The molecule has 1 aliphatic heterocycles. The van der Waals surface area contributed by atoms with Gasteiger partial charge in [0, 0.05) is 19.0 Å². The minimum Gasteiger partial charge on any atom is -0.298 e. The van der Waals surface area contributed by atoms with Crippen molar-refractivity contribution in [2.45, 2.75) is 23.9 Å². The first kappa shape index (κ1) is 21.1. The average molecular weight is 427 g/mol. The third-order valence-electron chi connectivity index (χ3n) is 4.76. The van der Waals surface area contributed by atoms with Crippen molar-refractivity contribution < 1.29 is 26.4 Å². The predicted molar refractivity (Wildman–Crippen MR) is 101 cm³/mol. The third-order valence-corrected chi connectivity index (χ3v) is 6.67. The van der Waals surface area contributed by atoms with Crippen LogP contribution < -0.4 is 10.9 Å². The van der Waals surface area contributed by atoms with E-state index in [9.17, 15) is 26.4 Å². The molecule has 1 fully saturated rings. The summed E-state index contributed by atoms with van der Waals surface area (Å²) in [4.78, 5) is 12.5. The number of hydrogen-bond acceptors (Lipinski definition) is 4. The number of rotatable bonds is 5. The summed E-state index contributed by atoms with van der Waals surface area (Å²) in [6.07, 6.45) is -3.99. The van der Waals surface area contributed by atoms with Crippen LogP contribution >= 0.6 is 0 Å². The smallest absolute Gasteiger partial charge is 0.298 e. The molecule has 0 aromatic heterocycles. The molecule has 2 aromatic rings. The van der Waals surface area contributed by atoms with Gasteiger partial charge in [-0.3, -0.25) is 15.6 Å². The fourth-order valence-electron chi connectivity index (χ4n) is 3.17. The minimum absolute atomic E-state index is 0.161. The van der Waals surface area contributed by atoms with Crippen molar-refractivity contribution in [2.24, 2.45) is 5.92 Å². The van der Waals surface area contributed by atoms with Gasteiger partial charge in [-0.1, -0.05) is 30.3 Å². The summed E-state index contributed by atoms with van der Waals surface area (Å²) in [5.74, 6) is -0.971. The summed E-state index contributed by atoms with van der Waals surface area (Å²) < 4.78 is 65.6. The zero-order chi connectivity index (χ0) is 21.1. The molecule has 1 saturated heterocycles. The fraction of sp³-hybridized carbons (Fsp3) is 0.316. The molecule has 1 heterocycles. The van der Waals surface area contributed by atoms with Crippen LogP contribution in [0.3, 0.4) is 0 Å². The van der Waals surface area contributed by atoms with Crippen molar-refractivity contribution >= 4 is 21.6 Å². The van der Waals surface area contributed by atoms with Gasteiger partial charge in [-0.25, -0.2) is 8.42 Å². The number of amides is 1. The zero-order valence-electron chi connectivity index (χ0n) is 15.3. The summed E-state index contributed by atoms with van der Waals surface area (Å²) >= 11 is 0. The van der Waals surface area contributed by atoms with Crippen LogP contribution in [0.15, 0.2) is 59.5 Å². The Morgan fingerprint density at radius 1 is 0.966 bits per heavy atom. The summed E-state index contributed by atoms with van der Waals surface area (Å²) in [7, 11) is -3.63. The number of para-hydroxylation sites is 1. The molecular weight excluding hydrogens is 407 g/mol. The molecule has 0 saturated carbocycles. The average Bonchev–Trinajstić information content (AvgIpc) is 2.72. The molecule has 2 aromatic carbocycles. The first-order valence-electron chi connectivity index (χ1n) is 8.97. The van der Waals surface area contributed by atoms with E-state index < -0.39 is 33.6 Å². The molecular formula is C19H20F3N3O3S. The molecule has 10 heteroatoms. The predicted octanol–water partition coefficient (Wildman–Crippen LogP) is 3.25. The summed E-state index contributed by atoms with van der Waals surface area (Å²) in [6.45, 7) is 0.322. The molecule has 0 aliphatic carbocycles. The molecule has 2 N–H and O–H groups in total. The highest BCUT2D eigenvalue weighted by molar-refractivity contribution is 7.89. The Hall–Kier alpha value is -2.59. The van der Waals surface area contributed by atoms with Crippen LogP contribution in [0.5, 0.6) is 0 Å². The van der Waals surface area contributed by atoms with Gasteiger partial charge in [0.05, 0.1) is 16.1 Å². The van der Waals surface area contributed by atoms with Crippen LogP contribution in [-0.4, -0.2) is 31.7 Å². The maximum absolute atomic E-state index is 13.0. The summed E-state index contributed by atoms with van der Waals surface area (Å²) in [5, 5.41) is 0. The van der Waals surface area contributed by atoms with E-state index in [0.29, 0.717) is 0 Å². The van der Waals surface area contributed by atoms with Crippen molar-refractivity contribution in [3.8, 4) is 0 Å². The SMILES string of the molecule is O=C(NNc1ccccc1C(F)(F)F)C1CCN(S(=O)(=O)c2ccccc2)CC1. The number of benzene rings is 2. The van der Waals surface area contributed by atoms with E-state index in [4.69, 9.17) is 0 Å². The van der Waals surface area contributed by atoms with Gasteiger partial charge in [-0.05, 0) is 37.1 Å². The summed E-state index contributed by atoms with van der Waals surface area (Å²) in [6, 6.07) is 12.8. The van der Waals surface area contributed by atoms with E-state index >= 15 is 0 Å². The topological polar surface area (TPSA) is 78.5 Å². The first-order valence-corrected chi connectivity index (χ1v) is 10.4. The van der Waals surface area contributed by atoms with Gasteiger partial charge in [-0.15, -0.1) is 0 Å². The molecule has 156 valence electrons. The standard InChI is InChI=1S/C19H20F3N3O3S/c20-19(21,22)16-8-4-5-9-17(16)23-24-18(26)14-10-12-25(13-11-14)29(27,28)15-6-2-1-3-7-15/h1-9,14,23H,10-13H2,(H,24,26). The van der Waals surface area contributed by atoms with E-state index in [2.05, 4.69) is 10.9 Å². The van der Waals surface area contributed by atoms with E-state index in [0.717, 1.165) is 6.07 Å². The Labute approximate surface area is 166 Å². The second-order valence-electron chi connectivity index (χ2n) is 6.65. The van der Waals surface area contributed by atoms with Crippen LogP contribution in [0.25, 0.3) is 0 Å². The molecule has 0 bridgehead atoms. The maximum atomic E-state index is 13.0. The quantitative estimate of drug-likeness (QED) is 0.718. The van der Waals surface area contributed by atoms with Crippen molar-refractivity contribution in [2.75, 3.05) is 18.5 Å². The molecule has 0 unspecified atom stereocenters. The van der Waals surface area contributed by atoms with Gasteiger partial charge in [0.1, 0.15) is 0 Å². The monoisotopic (exact) mass is 427 g/mol. The van der Waals surface area contributed by atoms with Crippen molar-refractivity contribution in [3.05, 3.63) is 60.2 Å². The first-order chi connectivity index (χ1) is 13.7. The number of sulfonamides is 1. The highest BCUT2D eigenvalue weighted by Gasteiger charge is 2.34. The highest BCUT2D eigenvalue weighted by Crippen LogP contribution is 2.34. The second kappa shape index (κ2) is 8.42. The number of alkyl halides is 3. The number of carbonyl (C=O) groups is 1. The number of halogens is 3. The van der Waals surface area contributed by atoms with Gasteiger partial charge in [0.15, 0.2) is 0 Å². The Morgan fingerprint density at radius 2 is 1.55 bits per heavy atom. The van der Waals surface area contributed by atoms with E-state index in [1.807, 2.05) is 0 Å². The largest absolute Gasteiger partial charge is 0.418 e. The molecule has 1 amide bonds. The normalized spacial score (nSPS) is 16.4. The Bertz CT molecular complexity index is 957. The zero-order valence-corrected chi connectivity index (χ0v) is 16.1. The number of hydrogen-bond donors (Lipinski definition) is 2. The Morgan fingerprint density at radius 3 is 2.17 bits per heavy atom. The van der Waals surface area contributed by atoms with E-state index in [-0.39, 0.29) is 36.5 Å². The van der Waals surface area contributed by atoms with Gasteiger partial charge < -0.3 is 0 Å². The molecule has 0 spiro atoms. The number of piperidine rings is 1.